The molecule has 10 heteroatoms. The first-order valence-corrected chi connectivity index (χ1v) is 7.22. The minimum atomic E-state index is -4.74. The number of nitrogens with zero attached hydrogens (tertiary/aromatic N) is 3. The van der Waals surface area contributed by atoms with Gasteiger partial charge in [-0.15, -0.1) is 0 Å². The summed E-state index contributed by atoms with van der Waals surface area (Å²) in [6.07, 6.45) is -0.795. The van der Waals surface area contributed by atoms with Gasteiger partial charge in [0.2, 0.25) is 0 Å². The number of carbonyl (C=O) groups excluding carboxylic acids is 1. The lowest BCUT2D eigenvalue weighted by Crippen LogP contribution is -2.19. The van der Waals surface area contributed by atoms with E-state index in [1.54, 1.807) is 18.3 Å². The maximum atomic E-state index is 13.0. The Morgan fingerprint density at radius 1 is 1.24 bits per heavy atom. The maximum absolute atomic E-state index is 13.0. The summed E-state index contributed by atoms with van der Waals surface area (Å²) in [6.45, 7) is 0. The second kappa shape index (κ2) is 6.52. The molecule has 6 nitrogen and oxygen atoms in total. The highest BCUT2D eigenvalue weighted by Crippen LogP contribution is 2.34. The molecule has 0 atom stereocenters. The van der Waals surface area contributed by atoms with Crippen LogP contribution in [0.15, 0.2) is 42.9 Å². The molecule has 0 aliphatic heterocycles. The van der Waals surface area contributed by atoms with Gasteiger partial charge in [-0.05, 0) is 18.2 Å². The number of alkyl halides is 3. The maximum Gasteiger partial charge on any atom is 0.435 e. The van der Waals surface area contributed by atoms with E-state index in [1.807, 2.05) is 0 Å². The summed E-state index contributed by atoms with van der Waals surface area (Å²) >= 11 is 5.68. The standard InChI is InChI=1S/C15H9ClF3N5O/c16-9-4-12(13(20-7-9)15(17,18)19)24-14(25)11-3-1-2-10(23-11)8-5-21-22-6-8/h1-7H,(H,21,22)(H,24,25). The summed E-state index contributed by atoms with van der Waals surface area (Å²) in [5.74, 6) is -0.820. The SMILES string of the molecule is O=C(Nc1cc(Cl)cnc1C(F)(F)F)c1cccc(-c2cn[nH]c2)n1. The lowest BCUT2D eigenvalue weighted by molar-refractivity contribution is -0.140. The Balaban J connectivity index is 1.91. The van der Waals surface area contributed by atoms with Gasteiger partial charge in [-0.25, -0.2) is 9.97 Å². The van der Waals surface area contributed by atoms with Gasteiger partial charge in [0.1, 0.15) is 5.69 Å². The molecule has 0 aromatic carbocycles. The molecule has 0 bridgehead atoms. The Morgan fingerprint density at radius 3 is 2.72 bits per heavy atom. The van der Waals surface area contributed by atoms with Crippen LogP contribution in [0.25, 0.3) is 11.3 Å². The Kier molecular flexibility index (Phi) is 4.41. The zero-order valence-electron chi connectivity index (χ0n) is 12.3. The predicted octanol–water partition coefficient (Wildman–Crippen LogP) is 3.79. The van der Waals surface area contributed by atoms with E-state index in [4.69, 9.17) is 11.6 Å². The molecular weight excluding hydrogens is 359 g/mol. The van der Waals surface area contributed by atoms with Gasteiger partial charge in [-0.3, -0.25) is 9.89 Å². The Hall–Kier alpha value is -2.94. The van der Waals surface area contributed by atoms with E-state index < -0.39 is 23.5 Å². The van der Waals surface area contributed by atoms with Crippen molar-refractivity contribution >= 4 is 23.2 Å². The fourth-order valence-corrected chi connectivity index (χ4v) is 2.22. The molecule has 3 aromatic heterocycles. The van der Waals surface area contributed by atoms with Crippen LogP contribution < -0.4 is 5.32 Å². The number of anilines is 1. The third kappa shape index (κ3) is 3.77. The highest BCUT2D eigenvalue weighted by molar-refractivity contribution is 6.30. The van der Waals surface area contributed by atoms with E-state index >= 15 is 0 Å². The van der Waals surface area contributed by atoms with E-state index in [2.05, 4.69) is 25.5 Å². The number of H-pyrrole nitrogens is 1. The number of nitrogens with one attached hydrogen (secondary N) is 2. The van der Waals surface area contributed by atoms with Gasteiger partial charge in [0, 0.05) is 18.0 Å². The lowest BCUT2D eigenvalue weighted by Gasteiger charge is -2.13. The van der Waals surface area contributed by atoms with E-state index in [-0.39, 0.29) is 10.7 Å². The quantitative estimate of drug-likeness (QED) is 0.737. The van der Waals surface area contributed by atoms with Crippen molar-refractivity contribution in [3.63, 3.8) is 0 Å². The minimum Gasteiger partial charge on any atom is -0.319 e. The zero-order valence-corrected chi connectivity index (χ0v) is 13.1. The fourth-order valence-electron chi connectivity index (χ4n) is 2.06. The molecule has 0 saturated heterocycles. The van der Waals surface area contributed by atoms with Gasteiger partial charge < -0.3 is 5.32 Å². The van der Waals surface area contributed by atoms with E-state index in [0.29, 0.717) is 11.3 Å². The second-order valence-corrected chi connectivity index (χ2v) is 5.33. The number of halogens is 4. The molecule has 0 spiro atoms. The van der Waals surface area contributed by atoms with Crippen molar-refractivity contribution in [1.29, 1.82) is 0 Å². The number of pyridine rings is 2. The predicted molar refractivity (Wildman–Crippen MR) is 84.0 cm³/mol. The monoisotopic (exact) mass is 367 g/mol. The molecule has 0 unspecified atom stereocenters. The van der Waals surface area contributed by atoms with Gasteiger partial charge in [-0.2, -0.15) is 18.3 Å². The van der Waals surface area contributed by atoms with Gasteiger partial charge in [0.05, 0.1) is 22.6 Å². The van der Waals surface area contributed by atoms with Gasteiger partial charge in [0.25, 0.3) is 5.91 Å². The number of amides is 1. The molecule has 3 aromatic rings. The Bertz CT molecular complexity index is 912. The molecule has 0 radical (unpaired) electrons. The van der Waals surface area contributed by atoms with Crippen molar-refractivity contribution in [2.45, 2.75) is 6.18 Å². The number of hydrogen-bond acceptors (Lipinski definition) is 4. The molecule has 25 heavy (non-hydrogen) atoms. The van der Waals surface area contributed by atoms with Gasteiger partial charge in [-0.1, -0.05) is 17.7 Å². The summed E-state index contributed by atoms with van der Waals surface area (Å²) in [6, 6.07) is 5.56. The number of hydrogen-bond donors (Lipinski definition) is 2. The van der Waals surface area contributed by atoms with Gasteiger partial charge in [0.15, 0.2) is 5.69 Å². The lowest BCUT2D eigenvalue weighted by atomic mass is 10.2. The molecule has 0 fully saturated rings. The Labute approximate surface area is 144 Å². The molecule has 3 heterocycles. The second-order valence-electron chi connectivity index (χ2n) is 4.90. The third-order valence-corrected chi connectivity index (χ3v) is 3.35. The van der Waals surface area contributed by atoms with Crippen LogP contribution in [-0.2, 0) is 6.18 Å². The van der Waals surface area contributed by atoms with Crippen molar-refractivity contribution in [1.82, 2.24) is 20.2 Å². The first-order chi connectivity index (χ1) is 11.8. The average molecular weight is 368 g/mol. The molecule has 0 saturated carbocycles. The summed E-state index contributed by atoms with van der Waals surface area (Å²) < 4.78 is 39.0. The highest BCUT2D eigenvalue weighted by atomic mass is 35.5. The topological polar surface area (TPSA) is 83.6 Å². The summed E-state index contributed by atoms with van der Waals surface area (Å²) in [7, 11) is 0. The first kappa shape index (κ1) is 16.9. The van der Waals surface area contributed by atoms with Crippen LogP contribution >= 0.6 is 11.6 Å². The molecule has 0 aliphatic carbocycles. The van der Waals surface area contributed by atoms with Crippen molar-refractivity contribution in [3.05, 3.63) is 59.3 Å². The smallest absolute Gasteiger partial charge is 0.319 e. The molecule has 3 rings (SSSR count). The van der Waals surface area contributed by atoms with Gasteiger partial charge >= 0.3 is 6.18 Å². The van der Waals surface area contributed by atoms with E-state index in [1.165, 1.54) is 12.3 Å². The zero-order chi connectivity index (χ0) is 18.0. The van der Waals surface area contributed by atoms with Crippen LogP contribution in [0, 0.1) is 0 Å². The van der Waals surface area contributed by atoms with E-state index in [9.17, 15) is 18.0 Å². The molecular formula is C15H9ClF3N5O. The minimum absolute atomic E-state index is 0.0385. The highest BCUT2D eigenvalue weighted by Gasteiger charge is 2.36. The van der Waals surface area contributed by atoms with Crippen LogP contribution in [0.5, 0.6) is 0 Å². The summed E-state index contributed by atoms with van der Waals surface area (Å²) in [4.78, 5) is 19.7. The van der Waals surface area contributed by atoms with Crippen LogP contribution in [0.1, 0.15) is 16.2 Å². The number of carbonyl (C=O) groups is 1. The summed E-state index contributed by atoms with van der Waals surface area (Å²) in [5, 5.41) is 8.50. The number of rotatable bonds is 3. The third-order valence-electron chi connectivity index (χ3n) is 3.15. The number of aromatic nitrogens is 4. The van der Waals surface area contributed by atoms with E-state index in [0.717, 1.165) is 12.3 Å². The Morgan fingerprint density at radius 2 is 2.04 bits per heavy atom. The van der Waals surface area contributed by atoms with Crippen molar-refractivity contribution in [2.24, 2.45) is 0 Å². The molecule has 2 N–H and O–H groups in total. The normalized spacial score (nSPS) is 11.4. The van der Waals surface area contributed by atoms with Crippen LogP contribution in [-0.4, -0.2) is 26.1 Å². The van der Waals surface area contributed by atoms with Crippen molar-refractivity contribution < 1.29 is 18.0 Å². The van der Waals surface area contributed by atoms with Crippen LogP contribution in [0.2, 0.25) is 5.02 Å². The van der Waals surface area contributed by atoms with Crippen LogP contribution in [0.4, 0.5) is 18.9 Å². The van der Waals surface area contributed by atoms with Crippen LogP contribution in [0.3, 0.4) is 0 Å². The fraction of sp³-hybridized carbons (Fsp3) is 0.0667. The van der Waals surface area contributed by atoms with Crippen molar-refractivity contribution in [3.8, 4) is 11.3 Å². The van der Waals surface area contributed by atoms with Crippen molar-refractivity contribution in [2.75, 3.05) is 5.32 Å². The number of aromatic amines is 1. The molecule has 1 amide bonds. The average Bonchev–Trinajstić information content (AvgIpc) is 3.08. The molecule has 128 valence electrons. The largest absolute Gasteiger partial charge is 0.435 e. The summed E-state index contributed by atoms with van der Waals surface area (Å²) in [5.41, 5.74) is -0.764. The molecule has 0 aliphatic rings. The first-order valence-electron chi connectivity index (χ1n) is 6.85.